The second kappa shape index (κ2) is 10.6. The molecule has 0 atom stereocenters. The van der Waals surface area contributed by atoms with Crippen LogP contribution < -0.4 is 10.1 Å². The Morgan fingerprint density at radius 1 is 1.11 bits per heavy atom. The molecular weight excluding hydrogens is 240 g/mol. The van der Waals surface area contributed by atoms with Crippen molar-refractivity contribution in [3.05, 3.63) is 18.3 Å². The summed E-state index contributed by atoms with van der Waals surface area (Å²) in [5, 5.41) is 3.37. The number of anilines is 1. The molecule has 4 nitrogen and oxygen atoms in total. The van der Waals surface area contributed by atoms with Crippen LogP contribution in [-0.4, -0.2) is 31.9 Å². The molecule has 0 aliphatic carbocycles. The van der Waals surface area contributed by atoms with Crippen molar-refractivity contribution in [2.45, 2.75) is 39.0 Å². The first-order valence-electron chi connectivity index (χ1n) is 7.18. The molecule has 1 aromatic heterocycles. The third-order valence-corrected chi connectivity index (χ3v) is 2.88. The Morgan fingerprint density at radius 3 is 2.63 bits per heavy atom. The van der Waals surface area contributed by atoms with Crippen molar-refractivity contribution in [1.82, 2.24) is 4.98 Å². The van der Waals surface area contributed by atoms with Gasteiger partial charge in [0.2, 0.25) is 5.88 Å². The largest absolute Gasteiger partial charge is 0.475 e. The van der Waals surface area contributed by atoms with Gasteiger partial charge in [-0.1, -0.05) is 32.6 Å². The van der Waals surface area contributed by atoms with Crippen molar-refractivity contribution in [2.75, 3.05) is 32.2 Å². The van der Waals surface area contributed by atoms with Gasteiger partial charge >= 0.3 is 0 Å². The van der Waals surface area contributed by atoms with E-state index in [-0.39, 0.29) is 0 Å². The van der Waals surface area contributed by atoms with Crippen LogP contribution in [0.5, 0.6) is 5.88 Å². The monoisotopic (exact) mass is 266 g/mol. The molecule has 0 saturated heterocycles. The molecule has 0 spiro atoms. The van der Waals surface area contributed by atoms with E-state index in [0.717, 1.165) is 12.2 Å². The zero-order chi connectivity index (χ0) is 13.8. The first kappa shape index (κ1) is 15.8. The van der Waals surface area contributed by atoms with Gasteiger partial charge in [-0.15, -0.1) is 0 Å². The molecule has 108 valence electrons. The second-order valence-electron chi connectivity index (χ2n) is 4.57. The molecule has 1 rings (SSSR count). The minimum atomic E-state index is 0.535. The molecule has 0 radical (unpaired) electrons. The van der Waals surface area contributed by atoms with Crippen LogP contribution in [0.4, 0.5) is 5.69 Å². The van der Waals surface area contributed by atoms with Crippen molar-refractivity contribution in [3.63, 3.8) is 0 Å². The number of pyridine rings is 1. The van der Waals surface area contributed by atoms with Gasteiger partial charge in [0.05, 0.1) is 18.5 Å². The predicted molar refractivity (Wildman–Crippen MR) is 78.9 cm³/mol. The highest BCUT2D eigenvalue weighted by Crippen LogP contribution is 2.12. The molecule has 0 aromatic carbocycles. The lowest BCUT2D eigenvalue weighted by Gasteiger charge is -2.07. The highest BCUT2D eigenvalue weighted by molar-refractivity contribution is 5.41. The van der Waals surface area contributed by atoms with Gasteiger partial charge in [-0.05, 0) is 12.5 Å². The fraction of sp³-hybridized carbons (Fsp3) is 0.667. The maximum Gasteiger partial charge on any atom is 0.213 e. The predicted octanol–water partition coefficient (Wildman–Crippen LogP) is 3.49. The van der Waals surface area contributed by atoms with Gasteiger partial charge in [-0.3, -0.25) is 0 Å². The Balaban J connectivity index is 2.13. The quantitative estimate of drug-likeness (QED) is 0.623. The first-order valence-corrected chi connectivity index (χ1v) is 7.18. The number of rotatable bonds is 11. The third kappa shape index (κ3) is 7.67. The van der Waals surface area contributed by atoms with Crippen molar-refractivity contribution in [1.29, 1.82) is 0 Å². The molecule has 0 bridgehead atoms. The van der Waals surface area contributed by atoms with E-state index in [9.17, 15) is 0 Å². The Morgan fingerprint density at radius 2 is 1.95 bits per heavy atom. The lowest BCUT2D eigenvalue weighted by molar-refractivity contribution is 0.144. The van der Waals surface area contributed by atoms with Gasteiger partial charge < -0.3 is 14.8 Å². The molecule has 0 amide bonds. The minimum Gasteiger partial charge on any atom is -0.475 e. The lowest BCUT2D eigenvalue weighted by Crippen LogP contribution is -2.06. The van der Waals surface area contributed by atoms with Crippen LogP contribution in [0.1, 0.15) is 39.0 Å². The van der Waals surface area contributed by atoms with Crippen LogP contribution in [0, 0.1) is 0 Å². The molecule has 4 heteroatoms. The molecule has 0 saturated carbocycles. The minimum absolute atomic E-state index is 0.535. The van der Waals surface area contributed by atoms with E-state index in [0.29, 0.717) is 19.1 Å². The van der Waals surface area contributed by atoms with E-state index in [1.54, 1.807) is 7.11 Å². The molecular formula is C15H26N2O2. The Bertz CT molecular complexity index is 314. The van der Waals surface area contributed by atoms with E-state index in [2.05, 4.69) is 17.2 Å². The maximum absolute atomic E-state index is 5.41. The summed E-state index contributed by atoms with van der Waals surface area (Å²) in [5.41, 5.74) is 1.05. The number of nitrogens with one attached hydrogen (secondary N) is 1. The van der Waals surface area contributed by atoms with Gasteiger partial charge in [0.15, 0.2) is 0 Å². The molecule has 1 aromatic rings. The van der Waals surface area contributed by atoms with Gasteiger partial charge in [0.1, 0.15) is 6.61 Å². The Kier molecular flexibility index (Phi) is 8.81. The van der Waals surface area contributed by atoms with Gasteiger partial charge in [0, 0.05) is 19.7 Å². The summed E-state index contributed by atoms with van der Waals surface area (Å²) in [7, 11) is 1.66. The third-order valence-electron chi connectivity index (χ3n) is 2.88. The Labute approximate surface area is 116 Å². The molecule has 1 N–H and O–H groups in total. The first-order chi connectivity index (χ1) is 9.36. The number of unbranched alkanes of at least 4 members (excludes halogenated alkanes) is 4. The smallest absolute Gasteiger partial charge is 0.213 e. The number of hydrogen-bond acceptors (Lipinski definition) is 4. The normalized spacial score (nSPS) is 10.4. The summed E-state index contributed by atoms with van der Waals surface area (Å²) in [4.78, 5) is 4.24. The van der Waals surface area contributed by atoms with E-state index >= 15 is 0 Å². The van der Waals surface area contributed by atoms with Crippen LogP contribution >= 0.6 is 0 Å². The average molecular weight is 266 g/mol. The SMILES string of the molecule is CCCCCCCNc1ccc(OCCOC)nc1. The van der Waals surface area contributed by atoms with Crippen LogP contribution in [0.15, 0.2) is 18.3 Å². The van der Waals surface area contributed by atoms with Gasteiger partial charge in [-0.2, -0.15) is 0 Å². The summed E-state index contributed by atoms with van der Waals surface area (Å²) in [6.45, 7) is 4.36. The fourth-order valence-corrected chi connectivity index (χ4v) is 1.76. The van der Waals surface area contributed by atoms with Crippen LogP contribution in [0.25, 0.3) is 0 Å². The van der Waals surface area contributed by atoms with Crippen molar-refractivity contribution in [3.8, 4) is 5.88 Å². The second-order valence-corrected chi connectivity index (χ2v) is 4.57. The highest BCUT2D eigenvalue weighted by atomic mass is 16.5. The van der Waals surface area contributed by atoms with Crippen LogP contribution in [-0.2, 0) is 4.74 Å². The number of aromatic nitrogens is 1. The molecule has 1 heterocycles. The molecule has 0 aliphatic rings. The van der Waals surface area contributed by atoms with E-state index in [1.807, 2.05) is 18.3 Å². The van der Waals surface area contributed by atoms with Crippen molar-refractivity contribution in [2.24, 2.45) is 0 Å². The molecule has 19 heavy (non-hydrogen) atoms. The summed E-state index contributed by atoms with van der Waals surface area (Å²) in [6, 6.07) is 3.89. The topological polar surface area (TPSA) is 43.4 Å². The number of hydrogen-bond donors (Lipinski definition) is 1. The highest BCUT2D eigenvalue weighted by Gasteiger charge is 1.96. The zero-order valence-electron chi connectivity index (χ0n) is 12.2. The van der Waals surface area contributed by atoms with Crippen LogP contribution in [0.3, 0.4) is 0 Å². The van der Waals surface area contributed by atoms with Crippen molar-refractivity contribution >= 4 is 5.69 Å². The number of methoxy groups -OCH3 is 1. The average Bonchev–Trinajstić information content (AvgIpc) is 2.44. The summed E-state index contributed by atoms with van der Waals surface area (Å²) in [6.07, 6.45) is 8.30. The van der Waals surface area contributed by atoms with Gasteiger partial charge in [-0.25, -0.2) is 4.98 Å². The number of ether oxygens (including phenoxy) is 2. The van der Waals surface area contributed by atoms with E-state index in [1.165, 1.54) is 32.1 Å². The lowest BCUT2D eigenvalue weighted by atomic mass is 10.1. The van der Waals surface area contributed by atoms with E-state index in [4.69, 9.17) is 9.47 Å². The summed E-state index contributed by atoms with van der Waals surface area (Å²) >= 11 is 0. The number of nitrogens with zero attached hydrogens (tertiary/aromatic N) is 1. The van der Waals surface area contributed by atoms with Crippen LogP contribution in [0.2, 0.25) is 0 Å². The molecule has 0 aliphatic heterocycles. The fourth-order valence-electron chi connectivity index (χ4n) is 1.76. The Hall–Kier alpha value is -1.29. The van der Waals surface area contributed by atoms with Gasteiger partial charge in [0.25, 0.3) is 0 Å². The van der Waals surface area contributed by atoms with E-state index < -0.39 is 0 Å². The van der Waals surface area contributed by atoms with Crippen molar-refractivity contribution < 1.29 is 9.47 Å². The zero-order valence-corrected chi connectivity index (χ0v) is 12.2. The summed E-state index contributed by atoms with van der Waals surface area (Å²) in [5.74, 6) is 0.644. The molecule has 0 unspecified atom stereocenters. The summed E-state index contributed by atoms with van der Waals surface area (Å²) < 4.78 is 10.3. The maximum atomic E-state index is 5.41. The standard InChI is InChI=1S/C15H26N2O2/c1-3-4-5-6-7-10-16-14-8-9-15(17-13-14)19-12-11-18-2/h8-9,13,16H,3-7,10-12H2,1-2H3. The molecule has 0 fully saturated rings.